The number of amides is 1. The fraction of sp³-hybridized carbons (Fsp3) is 0.333. The van der Waals surface area contributed by atoms with Crippen LogP contribution in [0, 0.1) is 0 Å². The van der Waals surface area contributed by atoms with Crippen LogP contribution < -0.4 is 5.73 Å². The molecule has 0 atom stereocenters. The Bertz CT molecular complexity index is 209. The van der Waals surface area contributed by atoms with Gasteiger partial charge in [-0.1, -0.05) is 19.9 Å². The Morgan fingerprint density at radius 3 is 2.33 bits per heavy atom. The maximum Gasteiger partial charge on any atom is 0.204 e. The summed E-state index contributed by atoms with van der Waals surface area (Å²) >= 11 is 0. The molecule has 12 heavy (non-hydrogen) atoms. The van der Waals surface area contributed by atoms with E-state index in [4.69, 9.17) is 4.79 Å². The molecule has 0 aliphatic heterocycles. The Balaban J connectivity index is 0.000000354. The van der Waals surface area contributed by atoms with Gasteiger partial charge in [0, 0.05) is 11.9 Å². The third-order valence-electron chi connectivity index (χ3n) is 1.28. The molecule has 3 nitrogen and oxygen atoms in total. The normalized spacial score (nSPS) is 8.58. The summed E-state index contributed by atoms with van der Waals surface area (Å²) in [5, 5.41) is 0. The first-order valence-corrected chi connectivity index (χ1v) is 3.78. The van der Waals surface area contributed by atoms with E-state index in [-0.39, 0.29) is 6.41 Å². The average Bonchev–Trinajstić information content (AvgIpc) is 2.07. The highest BCUT2D eigenvalue weighted by Gasteiger charge is 1.95. The third-order valence-corrected chi connectivity index (χ3v) is 1.28. The molecule has 0 spiro atoms. The number of nitrogens with zero attached hydrogens (tertiary/aromatic N) is 1. The fourth-order valence-corrected chi connectivity index (χ4v) is 0.717. The van der Waals surface area contributed by atoms with Crippen LogP contribution >= 0.6 is 0 Å². The number of pyridine rings is 1. The topological polar surface area (TPSA) is 56.0 Å². The van der Waals surface area contributed by atoms with Gasteiger partial charge in [0.05, 0.1) is 0 Å². The van der Waals surface area contributed by atoms with Crippen LogP contribution in [0.1, 0.15) is 25.5 Å². The SMILES string of the molecule is CC(C)c1ccccn1.NC=O. The van der Waals surface area contributed by atoms with Gasteiger partial charge in [0.1, 0.15) is 0 Å². The van der Waals surface area contributed by atoms with Crippen LogP contribution in [-0.4, -0.2) is 11.4 Å². The number of carbonyl (C=O) groups excluding carboxylic acids is 1. The summed E-state index contributed by atoms with van der Waals surface area (Å²) in [4.78, 5) is 12.8. The molecule has 1 heterocycles. The molecular formula is C9H14N2O. The Morgan fingerprint density at radius 1 is 1.50 bits per heavy atom. The second kappa shape index (κ2) is 6.34. The van der Waals surface area contributed by atoms with Crippen molar-refractivity contribution >= 4 is 6.41 Å². The van der Waals surface area contributed by atoms with Crippen molar-refractivity contribution in [2.75, 3.05) is 0 Å². The highest BCUT2D eigenvalue weighted by molar-refractivity contribution is 5.42. The molecule has 0 aliphatic carbocycles. The molecule has 0 saturated heterocycles. The number of nitrogens with two attached hydrogens (primary N) is 1. The number of primary amides is 1. The van der Waals surface area contributed by atoms with Crippen molar-refractivity contribution in [3.63, 3.8) is 0 Å². The van der Waals surface area contributed by atoms with Crippen molar-refractivity contribution in [3.05, 3.63) is 30.1 Å². The van der Waals surface area contributed by atoms with Gasteiger partial charge in [0.15, 0.2) is 0 Å². The smallest absolute Gasteiger partial charge is 0.204 e. The summed E-state index contributed by atoms with van der Waals surface area (Å²) in [6, 6.07) is 6.00. The summed E-state index contributed by atoms with van der Waals surface area (Å²) < 4.78 is 0. The monoisotopic (exact) mass is 166 g/mol. The molecule has 0 saturated carbocycles. The molecule has 0 unspecified atom stereocenters. The van der Waals surface area contributed by atoms with Gasteiger partial charge in [0.25, 0.3) is 0 Å². The Labute approximate surface area is 72.6 Å². The highest BCUT2D eigenvalue weighted by Crippen LogP contribution is 2.08. The maximum absolute atomic E-state index is 8.58. The zero-order valence-electron chi connectivity index (χ0n) is 7.40. The van der Waals surface area contributed by atoms with Crippen LogP contribution in [0.4, 0.5) is 0 Å². The molecular weight excluding hydrogens is 152 g/mol. The first-order valence-electron chi connectivity index (χ1n) is 3.78. The van der Waals surface area contributed by atoms with E-state index >= 15 is 0 Å². The lowest BCUT2D eigenvalue weighted by Gasteiger charge is -2.00. The molecule has 1 aromatic rings. The van der Waals surface area contributed by atoms with Crippen LogP contribution in [0.15, 0.2) is 24.4 Å². The van der Waals surface area contributed by atoms with E-state index in [0.29, 0.717) is 5.92 Å². The third kappa shape index (κ3) is 4.44. The van der Waals surface area contributed by atoms with Crippen LogP contribution in [0.5, 0.6) is 0 Å². The Morgan fingerprint density at radius 2 is 2.08 bits per heavy atom. The van der Waals surface area contributed by atoms with E-state index in [1.165, 1.54) is 0 Å². The van der Waals surface area contributed by atoms with E-state index < -0.39 is 0 Å². The summed E-state index contributed by atoms with van der Waals surface area (Å²) in [7, 11) is 0. The molecule has 3 heteroatoms. The lowest BCUT2D eigenvalue weighted by molar-refractivity contribution is -0.106. The lowest BCUT2D eigenvalue weighted by Crippen LogP contribution is -1.88. The Kier molecular flexibility index (Phi) is 5.61. The molecule has 1 aromatic heterocycles. The molecule has 0 aromatic carbocycles. The second-order valence-electron chi connectivity index (χ2n) is 2.55. The minimum atomic E-state index is 0.250. The Hall–Kier alpha value is -1.38. The summed E-state index contributed by atoms with van der Waals surface area (Å²) in [6.45, 7) is 4.28. The molecule has 0 bridgehead atoms. The van der Waals surface area contributed by atoms with Gasteiger partial charge in [-0.15, -0.1) is 0 Å². The molecule has 0 aliphatic rings. The predicted octanol–water partition coefficient (Wildman–Crippen LogP) is 1.31. The van der Waals surface area contributed by atoms with Gasteiger partial charge in [-0.05, 0) is 18.1 Å². The summed E-state index contributed by atoms with van der Waals surface area (Å²) in [5.41, 5.74) is 5.33. The zero-order chi connectivity index (χ0) is 9.40. The molecule has 0 fully saturated rings. The molecule has 1 amide bonds. The second-order valence-corrected chi connectivity index (χ2v) is 2.55. The number of hydrogen-bond donors (Lipinski definition) is 1. The van der Waals surface area contributed by atoms with Gasteiger partial charge in [-0.3, -0.25) is 9.78 Å². The number of aromatic nitrogens is 1. The van der Waals surface area contributed by atoms with E-state index in [1.807, 2.05) is 24.4 Å². The van der Waals surface area contributed by atoms with Gasteiger partial charge >= 0.3 is 0 Å². The molecule has 0 radical (unpaired) electrons. The highest BCUT2D eigenvalue weighted by atomic mass is 16.1. The first kappa shape index (κ1) is 10.6. The van der Waals surface area contributed by atoms with Crippen molar-refractivity contribution in [2.24, 2.45) is 5.73 Å². The van der Waals surface area contributed by atoms with Crippen molar-refractivity contribution in [3.8, 4) is 0 Å². The van der Waals surface area contributed by atoms with Gasteiger partial charge in [-0.2, -0.15) is 0 Å². The van der Waals surface area contributed by atoms with Gasteiger partial charge in [-0.25, -0.2) is 0 Å². The largest absolute Gasteiger partial charge is 0.372 e. The van der Waals surface area contributed by atoms with Crippen molar-refractivity contribution < 1.29 is 4.79 Å². The fourth-order valence-electron chi connectivity index (χ4n) is 0.717. The number of carbonyl (C=O) groups is 1. The van der Waals surface area contributed by atoms with Crippen LogP contribution in [0.3, 0.4) is 0 Å². The lowest BCUT2D eigenvalue weighted by atomic mass is 10.1. The van der Waals surface area contributed by atoms with Crippen molar-refractivity contribution in [1.82, 2.24) is 4.98 Å². The number of rotatable bonds is 1. The van der Waals surface area contributed by atoms with Gasteiger partial charge in [0.2, 0.25) is 6.41 Å². The minimum Gasteiger partial charge on any atom is -0.372 e. The van der Waals surface area contributed by atoms with Crippen LogP contribution in [-0.2, 0) is 4.79 Å². The van der Waals surface area contributed by atoms with E-state index in [0.717, 1.165) is 5.69 Å². The van der Waals surface area contributed by atoms with Crippen LogP contribution in [0.25, 0.3) is 0 Å². The van der Waals surface area contributed by atoms with Crippen molar-refractivity contribution in [2.45, 2.75) is 19.8 Å². The van der Waals surface area contributed by atoms with E-state index in [9.17, 15) is 0 Å². The first-order chi connectivity index (χ1) is 5.72. The predicted molar refractivity (Wildman–Crippen MR) is 48.6 cm³/mol. The number of hydrogen-bond acceptors (Lipinski definition) is 2. The minimum absolute atomic E-state index is 0.250. The maximum atomic E-state index is 8.58. The summed E-state index contributed by atoms with van der Waals surface area (Å²) in [5.74, 6) is 0.547. The quantitative estimate of drug-likeness (QED) is 0.639. The van der Waals surface area contributed by atoms with Gasteiger partial charge < -0.3 is 5.73 Å². The van der Waals surface area contributed by atoms with Crippen molar-refractivity contribution in [1.29, 1.82) is 0 Å². The van der Waals surface area contributed by atoms with Crippen LogP contribution in [0.2, 0.25) is 0 Å². The standard InChI is InChI=1S/C8H11N.CH3NO/c1-7(2)8-5-3-4-6-9-8;2-1-3/h3-7H,1-2H3;1H,(H2,2,3). The zero-order valence-corrected chi connectivity index (χ0v) is 7.40. The van der Waals surface area contributed by atoms with E-state index in [1.54, 1.807) is 0 Å². The molecule has 1 rings (SSSR count). The summed E-state index contributed by atoms with van der Waals surface area (Å²) in [6.07, 6.45) is 2.08. The average molecular weight is 166 g/mol. The van der Waals surface area contributed by atoms with E-state index in [2.05, 4.69) is 24.6 Å². The molecule has 66 valence electrons. The molecule has 2 N–H and O–H groups in total.